The Morgan fingerprint density at radius 2 is 2.21 bits per heavy atom. The van der Waals surface area contributed by atoms with Gasteiger partial charge in [-0.15, -0.1) is 6.42 Å². The summed E-state index contributed by atoms with van der Waals surface area (Å²) in [4.78, 5) is 12.7. The molecule has 0 aliphatic carbocycles. The molecule has 0 heterocycles. The number of carbonyl (C=O) groups is 1. The van der Waals surface area contributed by atoms with E-state index in [1.807, 2.05) is 12.1 Å². The minimum absolute atomic E-state index is 0.110. The summed E-state index contributed by atoms with van der Waals surface area (Å²) in [5.74, 6) is 2.31. The molecule has 2 N–H and O–H groups in total. The van der Waals surface area contributed by atoms with Crippen molar-refractivity contribution < 1.29 is 4.79 Å². The topological polar surface area (TPSA) is 46.3 Å². The number of amides is 1. The molecule has 1 aromatic rings. The molecule has 0 bridgehead atoms. The van der Waals surface area contributed by atoms with E-state index in [0.717, 1.165) is 0 Å². The smallest absolute Gasteiger partial charge is 0.224 e. The Hall–Kier alpha value is -1.95. The van der Waals surface area contributed by atoms with E-state index in [9.17, 15) is 4.79 Å². The van der Waals surface area contributed by atoms with Gasteiger partial charge in [0.05, 0.1) is 17.9 Å². The second-order valence-corrected chi connectivity index (χ2v) is 2.87. The van der Waals surface area contributed by atoms with Crippen LogP contribution >= 0.6 is 0 Å². The molecular weight excluding hydrogens is 176 g/mol. The van der Waals surface area contributed by atoms with Crippen molar-refractivity contribution in [2.24, 2.45) is 0 Å². The van der Waals surface area contributed by atoms with Crippen molar-refractivity contribution in [1.82, 2.24) is 0 Å². The van der Waals surface area contributed by atoms with Gasteiger partial charge in [0, 0.05) is 6.92 Å². The van der Waals surface area contributed by atoms with Crippen LogP contribution in [0.15, 0.2) is 24.3 Å². The fourth-order valence-corrected chi connectivity index (χ4v) is 1.19. The van der Waals surface area contributed by atoms with Crippen LogP contribution < -0.4 is 10.6 Å². The molecule has 0 fully saturated rings. The van der Waals surface area contributed by atoms with Crippen LogP contribution in [-0.4, -0.2) is 12.5 Å². The summed E-state index contributed by atoms with van der Waals surface area (Å²) < 4.78 is 0. The first-order valence-corrected chi connectivity index (χ1v) is 4.23. The number of carbonyl (C=O) groups excluding carboxylic acids is 1. The van der Waals surface area contributed by atoms with Crippen LogP contribution in [0.4, 0.5) is 11.4 Å². The number of hydrogen-bond donors (Lipinski definition) is 1. The van der Waals surface area contributed by atoms with Gasteiger partial charge >= 0.3 is 0 Å². The molecule has 0 spiro atoms. The number of nitrogens with two attached hydrogens (primary N) is 1. The normalized spacial score (nSPS) is 9.14. The fourth-order valence-electron chi connectivity index (χ4n) is 1.19. The van der Waals surface area contributed by atoms with Gasteiger partial charge in [-0.05, 0) is 12.1 Å². The largest absolute Gasteiger partial charge is 0.397 e. The molecule has 0 unspecified atom stereocenters. The standard InChI is InChI=1S/C11H12N2O/c1-3-8-13(9(2)14)11-7-5-4-6-10(11)12/h1,4-7H,8,12H2,2H3. The van der Waals surface area contributed by atoms with E-state index >= 15 is 0 Å². The molecule has 0 aromatic heterocycles. The van der Waals surface area contributed by atoms with Crippen LogP contribution in [0.5, 0.6) is 0 Å². The molecule has 1 amide bonds. The maximum absolute atomic E-state index is 11.3. The van der Waals surface area contributed by atoms with Crippen molar-refractivity contribution in [3.8, 4) is 12.3 Å². The zero-order chi connectivity index (χ0) is 10.6. The molecular formula is C11H12N2O. The summed E-state index contributed by atoms with van der Waals surface area (Å²) in [6.45, 7) is 1.70. The Kier molecular flexibility index (Phi) is 3.14. The lowest BCUT2D eigenvalue weighted by Gasteiger charge is -2.19. The highest BCUT2D eigenvalue weighted by atomic mass is 16.2. The third-order valence-electron chi connectivity index (χ3n) is 1.86. The Morgan fingerprint density at radius 3 is 2.71 bits per heavy atom. The molecule has 72 valence electrons. The van der Waals surface area contributed by atoms with Gasteiger partial charge in [0.2, 0.25) is 5.91 Å². The summed E-state index contributed by atoms with van der Waals surface area (Å²) in [6, 6.07) is 7.14. The number of nitrogens with zero attached hydrogens (tertiary/aromatic N) is 1. The van der Waals surface area contributed by atoms with E-state index in [1.165, 1.54) is 11.8 Å². The first-order valence-electron chi connectivity index (χ1n) is 4.23. The molecule has 0 aliphatic rings. The van der Waals surface area contributed by atoms with Crippen LogP contribution in [0.2, 0.25) is 0 Å². The maximum Gasteiger partial charge on any atom is 0.224 e. The molecule has 1 aromatic carbocycles. The van der Waals surface area contributed by atoms with Gasteiger partial charge in [-0.25, -0.2) is 0 Å². The molecule has 3 heteroatoms. The highest BCUT2D eigenvalue weighted by Gasteiger charge is 2.11. The number of hydrogen-bond acceptors (Lipinski definition) is 2. The summed E-state index contributed by atoms with van der Waals surface area (Å²) in [7, 11) is 0. The van der Waals surface area contributed by atoms with Crippen molar-refractivity contribution in [3.05, 3.63) is 24.3 Å². The zero-order valence-electron chi connectivity index (χ0n) is 8.03. The monoisotopic (exact) mass is 188 g/mol. The Balaban J connectivity index is 3.06. The van der Waals surface area contributed by atoms with Crippen molar-refractivity contribution in [2.45, 2.75) is 6.92 Å². The summed E-state index contributed by atoms with van der Waals surface area (Å²) in [5.41, 5.74) is 6.95. The number of terminal acetylenes is 1. The zero-order valence-corrected chi connectivity index (χ0v) is 8.03. The summed E-state index contributed by atoms with van der Waals surface area (Å²) in [6.07, 6.45) is 5.17. The Bertz CT molecular complexity index is 379. The number of benzene rings is 1. The number of nitrogen functional groups attached to an aromatic ring is 1. The minimum Gasteiger partial charge on any atom is -0.397 e. The van der Waals surface area contributed by atoms with E-state index in [2.05, 4.69) is 5.92 Å². The number of rotatable bonds is 2. The molecule has 0 saturated heterocycles. The van der Waals surface area contributed by atoms with Gasteiger partial charge in [-0.1, -0.05) is 18.1 Å². The predicted molar refractivity (Wildman–Crippen MR) is 57.7 cm³/mol. The van der Waals surface area contributed by atoms with Crippen LogP contribution in [0.3, 0.4) is 0 Å². The maximum atomic E-state index is 11.3. The van der Waals surface area contributed by atoms with Crippen LogP contribution in [0.1, 0.15) is 6.92 Å². The van der Waals surface area contributed by atoms with E-state index in [4.69, 9.17) is 12.2 Å². The third kappa shape index (κ3) is 2.05. The van der Waals surface area contributed by atoms with Crippen LogP contribution in [0, 0.1) is 12.3 Å². The van der Waals surface area contributed by atoms with Crippen LogP contribution in [-0.2, 0) is 4.79 Å². The molecule has 3 nitrogen and oxygen atoms in total. The quantitative estimate of drug-likeness (QED) is 0.561. The average Bonchev–Trinajstić information content (AvgIpc) is 2.15. The van der Waals surface area contributed by atoms with E-state index in [1.54, 1.807) is 12.1 Å². The van der Waals surface area contributed by atoms with Gasteiger partial charge in [-0.2, -0.15) is 0 Å². The van der Waals surface area contributed by atoms with E-state index in [0.29, 0.717) is 11.4 Å². The molecule has 0 saturated carbocycles. The third-order valence-corrected chi connectivity index (χ3v) is 1.86. The lowest BCUT2D eigenvalue weighted by atomic mass is 10.2. The average molecular weight is 188 g/mol. The van der Waals surface area contributed by atoms with Gasteiger partial charge < -0.3 is 5.73 Å². The molecule has 0 radical (unpaired) electrons. The van der Waals surface area contributed by atoms with Gasteiger partial charge in [0.15, 0.2) is 0 Å². The SMILES string of the molecule is C#CCN(C(C)=O)c1ccccc1N. The lowest BCUT2D eigenvalue weighted by molar-refractivity contribution is -0.116. The van der Waals surface area contributed by atoms with Gasteiger partial charge in [0.1, 0.15) is 0 Å². The molecule has 14 heavy (non-hydrogen) atoms. The van der Waals surface area contributed by atoms with Crippen molar-refractivity contribution in [2.75, 3.05) is 17.2 Å². The first kappa shape index (κ1) is 10.1. The van der Waals surface area contributed by atoms with Gasteiger partial charge in [-0.3, -0.25) is 9.69 Å². The highest BCUT2D eigenvalue weighted by molar-refractivity contribution is 5.95. The molecule has 1 rings (SSSR count). The highest BCUT2D eigenvalue weighted by Crippen LogP contribution is 2.21. The summed E-state index contributed by atoms with van der Waals surface area (Å²) in [5, 5.41) is 0. The minimum atomic E-state index is -0.110. The lowest BCUT2D eigenvalue weighted by Crippen LogP contribution is -2.29. The second kappa shape index (κ2) is 4.33. The summed E-state index contributed by atoms with van der Waals surface area (Å²) >= 11 is 0. The first-order chi connectivity index (χ1) is 6.66. The van der Waals surface area contributed by atoms with Crippen molar-refractivity contribution in [3.63, 3.8) is 0 Å². The number of para-hydroxylation sites is 2. The van der Waals surface area contributed by atoms with Crippen molar-refractivity contribution >= 4 is 17.3 Å². The Labute approximate surface area is 83.5 Å². The Morgan fingerprint density at radius 1 is 1.57 bits per heavy atom. The molecule has 0 aliphatic heterocycles. The van der Waals surface area contributed by atoms with E-state index < -0.39 is 0 Å². The van der Waals surface area contributed by atoms with Crippen LogP contribution in [0.25, 0.3) is 0 Å². The second-order valence-electron chi connectivity index (χ2n) is 2.87. The predicted octanol–water partition coefficient (Wildman–Crippen LogP) is 1.25. The molecule has 0 atom stereocenters. The van der Waals surface area contributed by atoms with E-state index in [-0.39, 0.29) is 12.5 Å². The number of anilines is 2. The van der Waals surface area contributed by atoms with Gasteiger partial charge in [0.25, 0.3) is 0 Å². The fraction of sp³-hybridized carbons (Fsp3) is 0.182. The van der Waals surface area contributed by atoms with Crippen molar-refractivity contribution in [1.29, 1.82) is 0 Å².